The molecule has 0 radical (unpaired) electrons. The maximum Gasteiger partial charge on any atom is 0.308 e. The van der Waals surface area contributed by atoms with Crippen LogP contribution in [0.2, 0.25) is 0 Å². The SMILES string of the molecule is CC(CN(C)C(=O)Cc1cc2c(cc1Br)OCCO2)C(=O)O. The molecule has 0 fully saturated rings. The average Bonchev–Trinajstić information content (AvgIpc) is 2.47. The van der Waals surface area contributed by atoms with Crippen LogP contribution in [0.15, 0.2) is 16.6 Å². The van der Waals surface area contributed by atoms with Crippen LogP contribution in [0.25, 0.3) is 0 Å². The van der Waals surface area contributed by atoms with E-state index in [0.717, 1.165) is 10.0 Å². The fourth-order valence-electron chi connectivity index (χ4n) is 2.13. The van der Waals surface area contributed by atoms with Gasteiger partial charge in [0.1, 0.15) is 13.2 Å². The average molecular weight is 372 g/mol. The Labute approximate surface area is 137 Å². The smallest absolute Gasteiger partial charge is 0.308 e. The maximum absolute atomic E-state index is 12.2. The molecule has 120 valence electrons. The van der Waals surface area contributed by atoms with Crippen LogP contribution in [0.3, 0.4) is 0 Å². The molecule has 0 bridgehead atoms. The first kappa shape index (κ1) is 16.6. The Morgan fingerprint density at radius 2 is 1.91 bits per heavy atom. The molecule has 0 saturated heterocycles. The van der Waals surface area contributed by atoms with Gasteiger partial charge in [0.15, 0.2) is 11.5 Å². The number of nitrogens with zero attached hydrogens (tertiary/aromatic N) is 1. The molecule has 0 spiro atoms. The van der Waals surface area contributed by atoms with Gasteiger partial charge < -0.3 is 19.5 Å². The minimum Gasteiger partial charge on any atom is -0.486 e. The number of carbonyl (C=O) groups excluding carboxylic acids is 1. The molecule has 1 heterocycles. The number of rotatable bonds is 5. The molecule has 0 aliphatic carbocycles. The minimum absolute atomic E-state index is 0.148. The van der Waals surface area contributed by atoms with Crippen molar-refractivity contribution in [3.05, 3.63) is 22.2 Å². The molecule has 1 N–H and O–H groups in total. The van der Waals surface area contributed by atoms with E-state index in [1.165, 1.54) is 4.90 Å². The van der Waals surface area contributed by atoms with Crippen LogP contribution in [0.5, 0.6) is 11.5 Å². The Morgan fingerprint density at radius 1 is 1.32 bits per heavy atom. The van der Waals surface area contributed by atoms with Gasteiger partial charge in [-0.05, 0) is 17.7 Å². The maximum atomic E-state index is 12.2. The molecule has 2 rings (SSSR count). The van der Waals surface area contributed by atoms with Crippen LogP contribution in [0, 0.1) is 5.92 Å². The van der Waals surface area contributed by atoms with Gasteiger partial charge in [0, 0.05) is 18.1 Å². The summed E-state index contributed by atoms with van der Waals surface area (Å²) >= 11 is 3.43. The molecule has 1 unspecified atom stereocenters. The topological polar surface area (TPSA) is 76.1 Å². The molecule has 1 aromatic carbocycles. The number of hydrogen-bond donors (Lipinski definition) is 1. The first-order valence-corrected chi connectivity index (χ1v) is 7.72. The quantitative estimate of drug-likeness (QED) is 0.855. The summed E-state index contributed by atoms with van der Waals surface area (Å²) in [6, 6.07) is 3.57. The highest BCUT2D eigenvalue weighted by atomic mass is 79.9. The number of likely N-dealkylation sites (N-methyl/N-ethyl adjacent to an activating group) is 1. The van der Waals surface area contributed by atoms with Gasteiger partial charge >= 0.3 is 5.97 Å². The first-order valence-electron chi connectivity index (χ1n) is 6.93. The lowest BCUT2D eigenvalue weighted by molar-refractivity contribution is -0.142. The van der Waals surface area contributed by atoms with E-state index in [1.54, 1.807) is 26.1 Å². The number of carbonyl (C=O) groups is 2. The standard InChI is InChI=1S/C15H18BrNO5/c1-9(15(19)20)8-17(2)14(18)6-10-5-12-13(7-11(10)16)22-4-3-21-12/h5,7,9H,3-4,6,8H2,1-2H3,(H,19,20). The molecule has 0 saturated carbocycles. The van der Waals surface area contributed by atoms with Gasteiger partial charge in [-0.25, -0.2) is 0 Å². The van der Waals surface area contributed by atoms with Crippen molar-refractivity contribution in [2.45, 2.75) is 13.3 Å². The van der Waals surface area contributed by atoms with Gasteiger partial charge in [-0.2, -0.15) is 0 Å². The Balaban J connectivity index is 2.06. The Hall–Kier alpha value is -1.76. The van der Waals surface area contributed by atoms with Gasteiger partial charge in [-0.15, -0.1) is 0 Å². The zero-order valence-electron chi connectivity index (χ0n) is 12.5. The largest absolute Gasteiger partial charge is 0.486 e. The third-order valence-corrected chi connectivity index (χ3v) is 4.19. The zero-order chi connectivity index (χ0) is 16.3. The van der Waals surface area contributed by atoms with E-state index in [-0.39, 0.29) is 18.9 Å². The normalized spacial score (nSPS) is 14.3. The minimum atomic E-state index is -0.917. The second-order valence-electron chi connectivity index (χ2n) is 5.28. The van der Waals surface area contributed by atoms with Crippen molar-refractivity contribution in [1.29, 1.82) is 0 Å². The highest BCUT2D eigenvalue weighted by Crippen LogP contribution is 2.35. The number of carboxylic acids is 1. The van der Waals surface area contributed by atoms with Crippen LogP contribution in [-0.2, 0) is 16.0 Å². The summed E-state index contributed by atoms with van der Waals surface area (Å²) < 4.78 is 11.8. The molecule has 22 heavy (non-hydrogen) atoms. The van der Waals surface area contributed by atoms with Gasteiger partial charge in [-0.1, -0.05) is 22.9 Å². The lowest BCUT2D eigenvalue weighted by Gasteiger charge is -2.22. The van der Waals surface area contributed by atoms with E-state index in [4.69, 9.17) is 14.6 Å². The summed E-state index contributed by atoms with van der Waals surface area (Å²) in [4.78, 5) is 24.5. The fraction of sp³-hybridized carbons (Fsp3) is 0.467. The summed E-state index contributed by atoms with van der Waals surface area (Å²) in [6.45, 7) is 2.74. The van der Waals surface area contributed by atoms with Gasteiger partial charge in [0.05, 0.1) is 12.3 Å². The first-order chi connectivity index (χ1) is 10.4. The molecule has 1 amide bonds. The van der Waals surface area contributed by atoms with E-state index in [2.05, 4.69) is 15.9 Å². The van der Waals surface area contributed by atoms with Crippen molar-refractivity contribution in [2.24, 2.45) is 5.92 Å². The van der Waals surface area contributed by atoms with Crippen molar-refractivity contribution in [2.75, 3.05) is 26.8 Å². The van der Waals surface area contributed by atoms with Crippen LogP contribution in [0.4, 0.5) is 0 Å². The monoisotopic (exact) mass is 371 g/mol. The Morgan fingerprint density at radius 3 is 2.50 bits per heavy atom. The van der Waals surface area contributed by atoms with Crippen LogP contribution in [-0.4, -0.2) is 48.7 Å². The van der Waals surface area contributed by atoms with Crippen LogP contribution < -0.4 is 9.47 Å². The lowest BCUT2D eigenvalue weighted by Crippen LogP contribution is -2.34. The number of benzene rings is 1. The molecule has 1 aliphatic rings. The van der Waals surface area contributed by atoms with Crippen molar-refractivity contribution in [3.8, 4) is 11.5 Å². The number of ether oxygens (including phenoxy) is 2. The summed E-state index contributed by atoms with van der Waals surface area (Å²) in [7, 11) is 1.60. The summed E-state index contributed by atoms with van der Waals surface area (Å²) in [5.74, 6) is -0.385. The molecule has 1 atom stereocenters. The summed E-state index contributed by atoms with van der Waals surface area (Å²) in [6.07, 6.45) is 0.167. The molecule has 0 aromatic heterocycles. The van der Waals surface area contributed by atoms with E-state index in [9.17, 15) is 9.59 Å². The second kappa shape index (κ2) is 7.00. The number of fused-ring (bicyclic) bond motifs is 1. The van der Waals surface area contributed by atoms with Crippen molar-refractivity contribution in [1.82, 2.24) is 4.90 Å². The predicted octanol–water partition coefficient (Wildman–Crippen LogP) is 1.94. The number of halogens is 1. The van der Waals surface area contributed by atoms with Crippen LogP contribution >= 0.6 is 15.9 Å². The highest BCUT2D eigenvalue weighted by Gasteiger charge is 2.20. The molecule has 1 aliphatic heterocycles. The molecule has 1 aromatic rings. The zero-order valence-corrected chi connectivity index (χ0v) is 14.1. The number of hydrogen-bond acceptors (Lipinski definition) is 4. The van der Waals surface area contributed by atoms with E-state index < -0.39 is 11.9 Å². The Kier molecular flexibility index (Phi) is 5.28. The van der Waals surface area contributed by atoms with Gasteiger partial charge in [0.2, 0.25) is 5.91 Å². The van der Waals surface area contributed by atoms with Crippen molar-refractivity contribution >= 4 is 27.8 Å². The third kappa shape index (κ3) is 3.91. The number of amides is 1. The lowest BCUT2D eigenvalue weighted by atomic mass is 10.1. The summed E-state index contributed by atoms with van der Waals surface area (Å²) in [5.41, 5.74) is 0.782. The number of carboxylic acid groups (broad SMARTS) is 1. The molecule has 6 nitrogen and oxygen atoms in total. The van der Waals surface area contributed by atoms with Crippen molar-refractivity contribution < 1.29 is 24.2 Å². The second-order valence-corrected chi connectivity index (χ2v) is 6.13. The molecular weight excluding hydrogens is 354 g/mol. The van der Waals surface area contributed by atoms with Gasteiger partial charge in [-0.3, -0.25) is 9.59 Å². The summed E-state index contributed by atoms with van der Waals surface area (Å²) in [5, 5.41) is 8.90. The van der Waals surface area contributed by atoms with E-state index in [1.807, 2.05) is 0 Å². The van der Waals surface area contributed by atoms with Crippen molar-refractivity contribution in [3.63, 3.8) is 0 Å². The Bertz CT molecular complexity index is 590. The van der Waals surface area contributed by atoms with Crippen LogP contribution in [0.1, 0.15) is 12.5 Å². The predicted molar refractivity (Wildman–Crippen MR) is 83.3 cm³/mol. The molecule has 7 heteroatoms. The third-order valence-electron chi connectivity index (χ3n) is 3.45. The van der Waals surface area contributed by atoms with E-state index >= 15 is 0 Å². The fourth-order valence-corrected chi connectivity index (χ4v) is 2.59. The molecular formula is C15H18BrNO5. The van der Waals surface area contributed by atoms with Gasteiger partial charge in [0.25, 0.3) is 0 Å². The highest BCUT2D eigenvalue weighted by molar-refractivity contribution is 9.10. The van der Waals surface area contributed by atoms with E-state index in [0.29, 0.717) is 24.7 Å². The number of aliphatic carboxylic acids is 1.